The first-order chi connectivity index (χ1) is 13.0. The second kappa shape index (κ2) is 13.2. The minimum absolute atomic E-state index is 0.0371. The molecule has 0 heterocycles. The van der Waals surface area contributed by atoms with Gasteiger partial charge in [0.2, 0.25) is 0 Å². The third kappa shape index (κ3) is 9.50. The Bertz CT molecular complexity index is 573. The zero-order chi connectivity index (χ0) is 20.1. The highest BCUT2D eigenvalue weighted by Crippen LogP contribution is 2.33. The van der Waals surface area contributed by atoms with Gasteiger partial charge in [-0.2, -0.15) is 0 Å². The minimum atomic E-state index is -0.784. The molecule has 1 saturated carbocycles. The molecule has 0 spiro atoms. The molecule has 0 radical (unpaired) electrons. The molecule has 4 atom stereocenters. The van der Waals surface area contributed by atoms with Crippen LogP contribution in [0, 0.1) is 11.8 Å². The van der Waals surface area contributed by atoms with Gasteiger partial charge in [-0.15, -0.1) is 0 Å². The van der Waals surface area contributed by atoms with Crippen molar-refractivity contribution >= 4 is 11.8 Å². The maximum atomic E-state index is 12.0. The lowest BCUT2D eigenvalue weighted by Gasteiger charge is -2.16. The number of carbonyl (C=O) groups excluding carboxylic acids is 1. The second-order valence-electron chi connectivity index (χ2n) is 6.84. The third-order valence-corrected chi connectivity index (χ3v) is 4.67. The van der Waals surface area contributed by atoms with Crippen LogP contribution in [0.3, 0.4) is 0 Å². The highest BCUT2D eigenvalue weighted by Gasteiger charge is 2.39. The van der Waals surface area contributed by atoms with E-state index < -0.39 is 18.2 Å². The summed E-state index contributed by atoms with van der Waals surface area (Å²) in [4.78, 5) is 22.4. The summed E-state index contributed by atoms with van der Waals surface area (Å²) < 4.78 is 0. The van der Waals surface area contributed by atoms with Gasteiger partial charge >= 0.3 is 5.97 Å². The summed E-state index contributed by atoms with van der Waals surface area (Å²) in [6, 6.07) is 0. The fourth-order valence-corrected chi connectivity index (χ4v) is 3.03. The molecule has 5 nitrogen and oxygen atoms in total. The van der Waals surface area contributed by atoms with Crippen LogP contribution in [-0.2, 0) is 9.59 Å². The molecule has 0 bridgehead atoms. The van der Waals surface area contributed by atoms with Crippen LogP contribution in [-0.4, -0.2) is 39.3 Å². The Kier molecular flexibility index (Phi) is 11.3. The van der Waals surface area contributed by atoms with E-state index in [9.17, 15) is 19.8 Å². The van der Waals surface area contributed by atoms with E-state index in [0.717, 1.165) is 12.8 Å². The molecular weight excluding hydrogens is 344 g/mol. The van der Waals surface area contributed by atoms with E-state index in [1.165, 1.54) is 0 Å². The van der Waals surface area contributed by atoms with Gasteiger partial charge in [-0.25, -0.2) is 0 Å². The summed E-state index contributed by atoms with van der Waals surface area (Å²) in [6.45, 7) is 1.87. The van der Waals surface area contributed by atoms with Gasteiger partial charge in [0, 0.05) is 24.7 Å². The molecule has 1 rings (SSSR count). The number of rotatable bonds is 12. The third-order valence-electron chi connectivity index (χ3n) is 4.67. The van der Waals surface area contributed by atoms with Crippen molar-refractivity contribution in [3.05, 3.63) is 48.6 Å². The lowest BCUT2D eigenvalue weighted by atomic mass is 9.90. The fourth-order valence-electron chi connectivity index (χ4n) is 3.03. The van der Waals surface area contributed by atoms with Gasteiger partial charge in [-0.1, -0.05) is 55.5 Å². The molecule has 1 fully saturated rings. The predicted octanol–water partition coefficient (Wildman–Crippen LogP) is 3.58. The number of hydrogen-bond donors (Lipinski definition) is 3. The number of carbonyl (C=O) groups is 2. The Morgan fingerprint density at radius 2 is 1.78 bits per heavy atom. The van der Waals surface area contributed by atoms with E-state index in [-0.39, 0.29) is 30.5 Å². The summed E-state index contributed by atoms with van der Waals surface area (Å²) in [6.07, 6.45) is 17.8. The normalized spacial score (nSPS) is 24.9. The van der Waals surface area contributed by atoms with Crippen LogP contribution >= 0.6 is 0 Å². The Morgan fingerprint density at radius 3 is 2.41 bits per heavy atom. The van der Waals surface area contributed by atoms with Crippen LogP contribution < -0.4 is 0 Å². The summed E-state index contributed by atoms with van der Waals surface area (Å²) in [7, 11) is 0. The number of hydrogen-bond acceptors (Lipinski definition) is 4. The quantitative estimate of drug-likeness (QED) is 0.453. The van der Waals surface area contributed by atoms with Crippen LogP contribution in [0.15, 0.2) is 48.6 Å². The van der Waals surface area contributed by atoms with Crippen molar-refractivity contribution < 1.29 is 24.9 Å². The number of aliphatic carboxylic acids is 1. The zero-order valence-corrected chi connectivity index (χ0v) is 16.0. The SMILES string of the molecule is CC[C@H](O)/C=C/[C@H]1C(=O)C[C@H](O)[C@@H]1C/C=C\C/C=C\C/C=C\CCC(=O)O. The average molecular weight is 376 g/mol. The number of carboxylic acid groups (broad SMARTS) is 1. The van der Waals surface area contributed by atoms with Gasteiger partial charge in [0.05, 0.1) is 12.2 Å². The predicted molar refractivity (Wildman–Crippen MR) is 106 cm³/mol. The van der Waals surface area contributed by atoms with Gasteiger partial charge in [0.25, 0.3) is 0 Å². The second-order valence-corrected chi connectivity index (χ2v) is 6.84. The van der Waals surface area contributed by atoms with Crippen LogP contribution in [0.4, 0.5) is 0 Å². The molecule has 0 unspecified atom stereocenters. The minimum Gasteiger partial charge on any atom is -0.481 e. The number of allylic oxidation sites excluding steroid dienone is 7. The Labute approximate surface area is 161 Å². The molecule has 1 aliphatic rings. The number of aliphatic hydroxyl groups is 2. The van der Waals surface area contributed by atoms with Crippen molar-refractivity contribution in [3.8, 4) is 0 Å². The lowest BCUT2D eigenvalue weighted by molar-refractivity contribution is -0.136. The largest absolute Gasteiger partial charge is 0.481 e. The molecular formula is C22H32O5. The van der Waals surface area contributed by atoms with E-state index in [0.29, 0.717) is 19.3 Å². The molecule has 0 amide bonds. The molecule has 0 aromatic heterocycles. The molecule has 0 aliphatic heterocycles. The van der Waals surface area contributed by atoms with Gasteiger partial charge < -0.3 is 15.3 Å². The number of ketones is 1. The first kappa shape index (κ1) is 23.1. The Hall–Kier alpha value is -1.98. The van der Waals surface area contributed by atoms with E-state index in [1.807, 2.05) is 43.4 Å². The van der Waals surface area contributed by atoms with E-state index in [1.54, 1.807) is 12.2 Å². The first-order valence-electron chi connectivity index (χ1n) is 9.69. The maximum Gasteiger partial charge on any atom is 0.303 e. The molecule has 27 heavy (non-hydrogen) atoms. The van der Waals surface area contributed by atoms with Crippen LogP contribution in [0.25, 0.3) is 0 Å². The summed E-state index contributed by atoms with van der Waals surface area (Å²) in [5, 5.41) is 28.3. The van der Waals surface area contributed by atoms with Crippen LogP contribution in [0.5, 0.6) is 0 Å². The fraction of sp³-hybridized carbons (Fsp3) is 0.545. The van der Waals surface area contributed by atoms with Crippen molar-refractivity contribution in [2.75, 3.05) is 0 Å². The smallest absolute Gasteiger partial charge is 0.303 e. The summed E-state index contributed by atoms with van der Waals surface area (Å²) in [5.74, 6) is -1.20. The first-order valence-corrected chi connectivity index (χ1v) is 9.69. The van der Waals surface area contributed by atoms with Crippen molar-refractivity contribution in [2.24, 2.45) is 11.8 Å². The molecule has 0 aromatic carbocycles. The molecule has 1 aliphatic carbocycles. The van der Waals surface area contributed by atoms with Gasteiger partial charge in [-0.3, -0.25) is 9.59 Å². The van der Waals surface area contributed by atoms with E-state index >= 15 is 0 Å². The topological polar surface area (TPSA) is 94.8 Å². The number of Topliss-reactive ketones (excluding diaryl/α,β-unsaturated/α-hetero) is 1. The molecule has 5 heteroatoms. The molecule has 3 N–H and O–H groups in total. The molecule has 150 valence electrons. The average Bonchev–Trinajstić information content (AvgIpc) is 2.90. The number of aliphatic hydroxyl groups excluding tert-OH is 2. The van der Waals surface area contributed by atoms with Crippen molar-refractivity contribution in [3.63, 3.8) is 0 Å². The summed E-state index contributed by atoms with van der Waals surface area (Å²) in [5.41, 5.74) is 0. The van der Waals surface area contributed by atoms with Crippen LogP contribution in [0.2, 0.25) is 0 Å². The van der Waals surface area contributed by atoms with Crippen molar-refractivity contribution in [2.45, 2.75) is 64.1 Å². The van der Waals surface area contributed by atoms with E-state index in [2.05, 4.69) is 0 Å². The Morgan fingerprint density at radius 1 is 1.15 bits per heavy atom. The Balaban J connectivity index is 2.35. The van der Waals surface area contributed by atoms with E-state index in [4.69, 9.17) is 5.11 Å². The van der Waals surface area contributed by atoms with Gasteiger partial charge in [0.15, 0.2) is 0 Å². The molecule has 0 aromatic rings. The summed E-state index contributed by atoms with van der Waals surface area (Å²) >= 11 is 0. The molecule has 0 saturated heterocycles. The highest BCUT2D eigenvalue weighted by molar-refractivity contribution is 5.86. The monoisotopic (exact) mass is 376 g/mol. The lowest BCUT2D eigenvalue weighted by Crippen LogP contribution is -2.19. The van der Waals surface area contributed by atoms with Gasteiger partial charge in [0.1, 0.15) is 5.78 Å². The van der Waals surface area contributed by atoms with Crippen LogP contribution in [0.1, 0.15) is 51.9 Å². The standard InChI is InChI=1S/C22H32O5/c1-2-17(23)14-15-19-18(20(24)16-21(19)25)12-10-8-6-4-3-5-7-9-11-13-22(26)27/h3-4,7-10,14-15,17-20,23-24H,2,5-6,11-13,16H2,1H3,(H,26,27)/b4-3-,9-7-,10-8-,15-14+/t17-,18+,19+,20-/m0/s1. The van der Waals surface area contributed by atoms with Crippen molar-refractivity contribution in [1.29, 1.82) is 0 Å². The number of carboxylic acids is 1. The maximum absolute atomic E-state index is 12.0. The van der Waals surface area contributed by atoms with Crippen molar-refractivity contribution in [1.82, 2.24) is 0 Å². The van der Waals surface area contributed by atoms with Gasteiger partial charge in [-0.05, 0) is 32.1 Å². The highest BCUT2D eigenvalue weighted by atomic mass is 16.4. The zero-order valence-electron chi connectivity index (χ0n) is 16.0.